The number of aromatic nitrogens is 1. The molecule has 0 aliphatic rings. The number of rotatable bonds is 3. The van der Waals surface area contributed by atoms with Gasteiger partial charge in [-0.3, -0.25) is 9.59 Å². The van der Waals surface area contributed by atoms with Crippen LogP contribution in [0.3, 0.4) is 0 Å². The van der Waals surface area contributed by atoms with Crippen molar-refractivity contribution in [3.63, 3.8) is 0 Å². The summed E-state index contributed by atoms with van der Waals surface area (Å²) in [7, 11) is 0. The number of fused-ring (bicyclic) bond motifs is 1. The molecule has 1 N–H and O–H groups in total. The van der Waals surface area contributed by atoms with Gasteiger partial charge in [-0.2, -0.15) is 0 Å². The molecule has 0 aliphatic heterocycles. The van der Waals surface area contributed by atoms with E-state index in [1.807, 2.05) is 49.4 Å². The van der Waals surface area contributed by atoms with Gasteiger partial charge in [0.25, 0.3) is 5.56 Å². The largest absolute Gasteiger partial charge is 0.324 e. The molecule has 1 heterocycles. The number of nitrogens with one attached hydrogen (secondary N) is 1. The molecule has 1 amide bonds. The minimum Gasteiger partial charge on any atom is -0.324 e. The quantitative estimate of drug-likeness (QED) is 0.763. The van der Waals surface area contributed by atoms with Gasteiger partial charge in [0, 0.05) is 16.1 Å². The average molecular weight is 371 g/mol. The second kappa shape index (κ2) is 6.38. The van der Waals surface area contributed by atoms with Crippen molar-refractivity contribution in [2.24, 2.45) is 0 Å². The van der Waals surface area contributed by atoms with Gasteiger partial charge in [0.1, 0.15) is 6.54 Å². The maximum Gasteiger partial charge on any atom is 0.258 e. The molecule has 3 rings (SSSR count). The summed E-state index contributed by atoms with van der Waals surface area (Å²) in [6, 6.07) is 14.9. The van der Waals surface area contributed by atoms with Gasteiger partial charge in [0.2, 0.25) is 5.91 Å². The van der Waals surface area contributed by atoms with Crippen molar-refractivity contribution < 1.29 is 4.79 Å². The first-order chi connectivity index (χ1) is 11.0. The third-order valence-corrected chi connectivity index (χ3v) is 4.25. The van der Waals surface area contributed by atoms with E-state index in [1.54, 1.807) is 12.3 Å². The first-order valence-electron chi connectivity index (χ1n) is 7.19. The van der Waals surface area contributed by atoms with Gasteiger partial charge in [-0.05, 0) is 58.1 Å². The fraction of sp³-hybridized carbons (Fsp3) is 0.111. The molecule has 1 aromatic heterocycles. The van der Waals surface area contributed by atoms with Crippen LogP contribution in [0.15, 0.2) is 64.0 Å². The lowest BCUT2D eigenvalue weighted by atomic mass is 10.2. The number of carbonyl (C=O) groups excluding carboxylic acids is 1. The Kier molecular flexibility index (Phi) is 4.30. The zero-order valence-corrected chi connectivity index (χ0v) is 14.1. The summed E-state index contributed by atoms with van der Waals surface area (Å²) in [5, 5.41) is 4.30. The van der Waals surface area contributed by atoms with Crippen LogP contribution in [0.4, 0.5) is 5.69 Å². The van der Waals surface area contributed by atoms with Crippen molar-refractivity contribution in [3.05, 3.63) is 75.1 Å². The van der Waals surface area contributed by atoms with E-state index in [1.165, 1.54) is 4.57 Å². The van der Waals surface area contributed by atoms with Gasteiger partial charge in [-0.1, -0.05) is 24.3 Å². The number of hydrogen-bond acceptors (Lipinski definition) is 2. The highest BCUT2D eigenvalue weighted by atomic mass is 79.9. The standard InChI is InChI=1S/C18H15BrN2O2/c1-12-6-7-16(15(19)10-12)20-17(22)11-21-9-8-13-4-2-3-5-14(13)18(21)23/h2-10H,11H2,1H3,(H,20,22). The molecule has 116 valence electrons. The number of benzene rings is 2. The van der Waals surface area contributed by atoms with Crippen molar-refractivity contribution in [2.45, 2.75) is 13.5 Å². The van der Waals surface area contributed by atoms with Crippen molar-refractivity contribution in [3.8, 4) is 0 Å². The molecule has 2 aromatic carbocycles. The fourth-order valence-electron chi connectivity index (χ4n) is 2.42. The number of aryl methyl sites for hydroxylation is 1. The molecule has 0 atom stereocenters. The van der Waals surface area contributed by atoms with E-state index in [4.69, 9.17) is 0 Å². The first-order valence-corrected chi connectivity index (χ1v) is 7.98. The van der Waals surface area contributed by atoms with Crippen LogP contribution < -0.4 is 10.9 Å². The highest BCUT2D eigenvalue weighted by Crippen LogP contribution is 2.23. The molecule has 5 heteroatoms. The van der Waals surface area contributed by atoms with E-state index in [-0.39, 0.29) is 18.0 Å². The van der Waals surface area contributed by atoms with E-state index in [9.17, 15) is 9.59 Å². The maximum atomic E-state index is 12.4. The second-order valence-electron chi connectivity index (χ2n) is 5.37. The minimum atomic E-state index is -0.244. The molecule has 0 unspecified atom stereocenters. The average Bonchev–Trinajstić information content (AvgIpc) is 2.53. The number of hydrogen-bond donors (Lipinski definition) is 1. The van der Waals surface area contributed by atoms with E-state index in [0.29, 0.717) is 11.1 Å². The Morgan fingerprint density at radius 3 is 2.74 bits per heavy atom. The number of carbonyl (C=O) groups is 1. The first kappa shape index (κ1) is 15.5. The lowest BCUT2D eigenvalue weighted by Crippen LogP contribution is -2.27. The summed E-state index contributed by atoms with van der Waals surface area (Å²) in [4.78, 5) is 24.6. The van der Waals surface area contributed by atoms with Crippen LogP contribution in [0.1, 0.15) is 5.56 Å². The molecule has 0 saturated carbocycles. The van der Waals surface area contributed by atoms with Crippen LogP contribution in [-0.4, -0.2) is 10.5 Å². The van der Waals surface area contributed by atoms with Crippen LogP contribution in [0.2, 0.25) is 0 Å². The molecule has 23 heavy (non-hydrogen) atoms. The predicted molar refractivity (Wildman–Crippen MR) is 95.7 cm³/mol. The van der Waals surface area contributed by atoms with Crippen molar-refractivity contribution >= 4 is 38.3 Å². The second-order valence-corrected chi connectivity index (χ2v) is 6.22. The Morgan fingerprint density at radius 2 is 1.96 bits per heavy atom. The highest BCUT2D eigenvalue weighted by Gasteiger charge is 2.09. The van der Waals surface area contributed by atoms with Gasteiger partial charge in [0.15, 0.2) is 0 Å². The molecule has 0 bridgehead atoms. The van der Waals surface area contributed by atoms with Crippen LogP contribution in [0.5, 0.6) is 0 Å². The lowest BCUT2D eigenvalue weighted by Gasteiger charge is -2.10. The zero-order chi connectivity index (χ0) is 16.4. The third kappa shape index (κ3) is 3.35. The van der Waals surface area contributed by atoms with E-state index >= 15 is 0 Å². The van der Waals surface area contributed by atoms with Crippen LogP contribution in [-0.2, 0) is 11.3 Å². The molecule has 0 radical (unpaired) electrons. The van der Waals surface area contributed by atoms with Gasteiger partial charge in [-0.15, -0.1) is 0 Å². The van der Waals surface area contributed by atoms with Gasteiger partial charge >= 0.3 is 0 Å². The number of nitrogens with zero attached hydrogens (tertiary/aromatic N) is 1. The number of amides is 1. The van der Waals surface area contributed by atoms with Crippen LogP contribution in [0, 0.1) is 6.92 Å². The van der Waals surface area contributed by atoms with Gasteiger partial charge in [0.05, 0.1) is 5.69 Å². The molecule has 0 fully saturated rings. The van der Waals surface area contributed by atoms with E-state index < -0.39 is 0 Å². The molecule has 0 aliphatic carbocycles. The molecule has 0 spiro atoms. The Morgan fingerprint density at radius 1 is 1.17 bits per heavy atom. The highest BCUT2D eigenvalue weighted by molar-refractivity contribution is 9.10. The minimum absolute atomic E-state index is 0.0238. The molecule has 4 nitrogen and oxygen atoms in total. The Bertz CT molecular complexity index is 947. The van der Waals surface area contributed by atoms with E-state index in [2.05, 4.69) is 21.2 Å². The Hall–Kier alpha value is -2.40. The van der Waals surface area contributed by atoms with Crippen LogP contribution >= 0.6 is 15.9 Å². The molecule has 0 saturated heterocycles. The van der Waals surface area contributed by atoms with Crippen molar-refractivity contribution in [1.29, 1.82) is 0 Å². The van der Waals surface area contributed by atoms with Gasteiger partial charge in [-0.25, -0.2) is 0 Å². The maximum absolute atomic E-state index is 12.4. The van der Waals surface area contributed by atoms with Crippen molar-refractivity contribution in [2.75, 3.05) is 5.32 Å². The SMILES string of the molecule is Cc1ccc(NC(=O)Cn2ccc3ccccc3c2=O)c(Br)c1. The predicted octanol–water partition coefficient (Wildman–Crippen LogP) is 3.71. The van der Waals surface area contributed by atoms with Crippen molar-refractivity contribution in [1.82, 2.24) is 4.57 Å². The Balaban J connectivity index is 1.83. The summed E-state index contributed by atoms with van der Waals surface area (Å²) >= 11 is 3.42. The normalized spacial score (nSPS) is 10.7. The third-order valence-electron chi connectivity index (χ3n) is 3.60. The zero-order valence-electron chi connectivity index (χ0n) is 12.5. The smallest absolute Gasteiger partial charge is 0.258 e. The summed E-state index contributed by atoms with van der Waals surface area (Å²) in [5.41, 5.74) is 1.62. The number of pyridine rings is 1. The Labute approximate surface area is 141 Å². The van der Waals surface area contributed by atoms with Gasteiger partial charge < -0.3 is 9.88 Å². The molecular weight excluding hydrogens is 356 g/mol. The molecular formula is C18H15BrN2O2. The number of anilines is 1. The van der Waals surface area contributed by atoms with Crippen LogP contribution in [0.25, 0.3) is 10.8 Å². The summed E-state index contributed by atoms with van der Waals surface area (Å²) in [5.74, 6) is -0.244. The number of halogens is 1. The lowest BCUT2D eigenvalue weighted by molar-refractivity contribution is -0.116. The summed E-state index contributed by atoms with van der Waals surface area (Å²) in [6.45, 7) is 1.95. The monoisotopic (exact) mass is 370 g/mol. The summed E-state index contributed by atoms with van der Waals surface area (Å²) in [6.07, 6.45) is 1.65. The summed E-state index contributed by atoms with van der Waals surface area (Å²) < 4.78 is 2.23. The fourth-order valence-corrected chi connectivity index (χ4v) is 3.01. The van der Waals surface area contributed by atoms with E-state index in [0.717, 1.165) is 15.4 Å². The molecule has 3 aromatic rings. The topological polar surface area (TPSA) is 51.1 Å².